The predicted molar refractivity (Wildman–Crippen MR) is 93.0 cm³/mol. The average molecular weight is 348 g/mol. The zero-order valence-corrected chi connectivity index (χ0v) is 14.4. The minimum absolute atomic E-state index is 0.0157. The highest BCUT2D eigenvalue weighted by molar-refractivity contribution is 7.13. The van der Waals surface area contributed by atoms with Gasteiger partial charge in [0.1, 0.15) is 10.8 Å². The van der Waals surface area contributed by atoms with Crippen LogP contribution in [0.4, 0.5) is 4.39 Å². The molecule has 1 atom stereocenters. The third-order valence-corrected chi connectivity index (χ3v) is 5.04. The molecule has 0 spiro atoms. The first-order valence-corrected chi connectivity index (χ1v) is 8.88. The Morgan fingerprint density at radius 2 is 1.96 bits per heavy atom. The van der Waals surface area contributed by atoms with Crippen LogP contribution < -0.4 is 5.73 Å². The molecule has 7 heteroatoms. The van der Waals surface area contributed by atoms with Crippen LogP contribution >= 0.6 is 11.3 Å². The Morgan fingerprint density at radius 3 is 2.58 bits per heavy atom. The van der Waals surface area contributed by atoms with Crippen molar-refractivity contribution in [3.05, 3.63) is 41.2 Å². The van der Waals surface area contributed by atoms with Crippen LogP contribution in [0.25, 0.3) is 10.6 Å². The fourth-order valence-corrected chi connectivity index (χ4v) is 3.57. The van der Waals surface area contributed by atoms with Crippen LogP contribution in [0.2, 0.25) is 0 Å². The van der Waals surface area contributed by atoms with E-state index in [0.29, 0.717) is 13.1 Å². The van der Waals surface area contributed by atoms with Crippen molar-refractivity contribution in [3.63, 3.8) is 0 Å². The maximum absolute atomic E-state index is 13.0. The van der Waals surface area contributed by atoms with Crippen molar-refractivity contribution < 1.29 is 9.18 Å². The Balaban J connectivity index is 1.56. The number of hydrogen-bond acceptors (Lipinski definition) is 5. The summed E-state index contributed by atoms with van der Waals surface area (Å²) in [5.41, 5.74) is 7.59. The minimum Gasteiger partial charge on any atom is -0.339 e. The molecule has 0 aliphatic carbocycles. The number of benzene rings is 1. The van der Waals surface area contributed by atoms with Crippen LogP contribution in [0.1, 0.15) is 12.6 Å². The minimum atomic E-state index is -0.437. The highest BCUT2D eigenvalue weighted by atomic mass is 32.1. The molecule has 128 valence electrons. The van der Waals surface area contributed by atoms with Gasteiger partial charge in [0.2, 0.25) is 5.91 Å². The average Bonchev–Trinajstić information content (AvgIpc) is 3.04. The molecule has 5 nitrogen and oxygen atoms in total. The van der Waals surface area contributed by atoms with Gasteiger partial charge in [-0.2, -0.15) is 0 Å². The van der Waals surface area contributed by atoms with Gasteiger partial charge in [-0.1, -0.05) is 0 Å². The van der Waals surface area contributed by atoms with Crippen LogP contribution in [0, 0.1) is 5.82 Å². The molecule has 3 rings (SSSR count). The molecular formula is C17H21FN4OS. The van der Waals surface area contributed by atoms with Crippen molar-refractivity contribution in [1.82, 2.24) is 14.8 Å². The van der Waals surface area contributed by atoms with Crippen molar-refractivity contribution in [2.45, 2.75) is 19.5 Å². The predicted octanol–water partition coefficient (Wildman–Crippen LogP) is 1.94. The number of amides is 1. The number of carbonyl (C=O) groups is 1. The van der Waals surface area contributed by atoms with Crippen LogP contribution in [0.3, 0.4) is 0 Å². The molecular weight excluding hydrogens is 327 g/mol. The lowest BCUT2D eigenvalue weighted by Gasteiger charge is -2.35. The lowest BCUT2D eigenvalue weighted by atomic mass is 10.2. The number of hydrogen-bond donors (Lipinski definition) is 1. The van der Waals surface area contributed by atoms with Gasteiger partial charge in [-0.3, -0.25) is 9.69 Å². The summed E-state index contributed by atoms with van der Waals surface area (Å²) in [5, 5.41) is 2.94. The van der Waals surface area contributed by atoms with Gasteiger partial charge in [0.15, 0.2) is 0 Å². The summed E-state index contributed by atoms with van der Waals surface area (Å²) >= 11 is 1.57. The van der Waals surface area contributed by atoms with Crippen molar-refractivity contribution in [2.75, 3.05) is 26.2 Å². The Labute approximate surface area is 144 Å². The van der Waals surface area contributed by atoms with E-state index in [1.807, 2.05) is 10.3 Å². The van der Waals surface area contributed by atoms with E-state index < -0.39 is 6.04 Å². The molecule has 2 heterocycles. The van der Waals surface area contributed by atoms with Crippen LogP contribution in [0.5, 0.6) is 0 Å². The van der Waals surface area contributed by atoms with Gasteiger partial charge in [-0.15, -0.1) is 11.3 Å². The van der Waals surface area contributed by atoms with E-state index in [2.05, 4.69) is 9.88 Å². The monoisotopic (exact) mass is 348 g/mol. The molecule has 1 aliphatic heterocycles. The third-order valence-electron chi connectivity index (χ3n) is 4.10. The lowest BCUT2D eigenvalue weighted by Crippen LogP contribution is -2.52. The molecule has 1 saturated heterocycles. The van der Waals surface area contributed by atoms with Gasteiger partial charge >= 0.3 is 0 Å². The second kappa shape index (κ2) is 7.38. The van der Waals surface area contributed by atoms with E-state index >= 15 is 0 Å². The zero-order chi connectivity index (χ0) is 17.1. The number of nitrogens with two attached hydrogens (primary N) is 1. The maximum atomic E-state index is 13.0. The quantitative estimate of drug-likeness (QED) is 0.917. The second-order valence-corrected chi connectivity index (χ2v) is 6.90. The van der Waals surface area contributed by atoms with Crippen molar-refractivity contribution in [2.24, 2.45) is 5.73 Å². The highest BCUT2D eigenvalue weighted by Crippen LogP contribution is 2.24. The summed E-state index contributed by atoms with van der Waals surface area (Å²) in [6, 6.07) is 5.95. The van der Waals surface area contributed by atoms with E-state index in [1.54, 1.807) is 30.4 Å². The van der Waals surface area contributed by atoms with Gasteiger partial charge in [0.25, 0.3) is 0 Å². The van der Waals surface area contributed by atoms with Crippen LogP contribution in [-0.4, -0.2) is 52.9 Å². The molecule has 1 fully saturated rings. The van der Waals surface area contributed by atoms with Gasteiger partial charge in [-0.25, -0.2) is 9.37 Å². The number of nitrogens with zero attached hydrogens (tertiary/aromatic N) is 3. The standard InChI is InChI=1S/C17H21FN4OS/c1-12(19)17(23)22-8-6-21(7-9-22)10-15-11-24-16(20-15)13-2-4-14(18)5-3-13/h2-5,11-12H,6-10,19H2,1H3. The third kappa shape index (κ3) is 3.98. The largest absolute Gasteiger partial charge is 0.339 e. The molecule has 0 bridgehead atoms. The molecule has 1 aromatic heterocycles. The Bertz CT molecular complexity index is 693. The van der Waals surface area contributed by atoms with Crippen LogP contribution in [-0.2, 0) is 11.3 Å². The SMILES string of the molecule is CC(N)C(=O)N1CCN(Cc2csc(-c3ccc(F)cc3)n2)CC1. The maximum Gasteiger partial charge on any atom is 0.239 e. The summed E-state index contributed by atoms with van der Waals surface area (Å²) in [6.07, 6.45) is 0. The number of piperazine rings is 1. The van der Waals surface area contributed by atoms with E-state index in [9.17, 15) is 9.18 Å². The molecule has 1 unspecified atom stereocenters. The first-order valence-electron chi connectivity index (χ1n) is 8.00. The first-order chi connectivity index (χ1) is 11.5. The molecule has 1 amide bonds. The molecule has 0 radical (unpaired) electrons. The van der Waals surface area contributed by atoms with Gasteiger partial charge in [0, 0.05) is 43.7 Å². The van der Waals surface area contributed by atoms with Crippen molar-refractivity contribution in [3.8, 4) is 10.6 Å². The van der Waals surface area contributed by atoms with E-state index in [4.69, 9.17) is 5.73 Å². The molecule has 1 aliphatic rings. The van der Waals surface area contributed by atoms with E-state index in [-0.39, 0.29) is 11.7 Å². The molecule has 0 saturated carbocycles. The Hall–Kier alpha value is -1.83. The summed E-state index contributed by atoms with van der Waals surface area (Å²) in [7, 11) is 0. The summed E-state index contributed by atoms with van der Waals surface area (Å²) in [5.74, 6) is -0.225. The molecule has 24 heavy (non-hydrogen) atoms. The summed E-state index contributed by atoms with van der Waals surface area (Å²) < 4.78 is 13.0. The number of carbonyl (C=O) groups excluding carboxylic acids is 1. The lowest BCUT2D eigenvalue weighted by molar-refractivity contribution is -0.134. The topological polar surface area (TPSA) is 62.5 Å². The normalized spacial score (nSPS) is 17.0. The highest BCUT2D eigenvalue weighted by Gasteiger charge is 2.23. The fourth-order valence-electron chi connectivity index (χ4n) is 2.75. The number of thiazole rings is 1. The molecule has 2 N–H and O–H groups in total. The second-order valence-electron chi connectivity index (χ2n) is 6.04. The molecule has 1 aromatic carbocycles. The van der Waals surface area contributed by atoms with Crippen molar-refractivity contribution in [1.29, 1.82) is 0 Å². The van der Waals surface area contributed by atoms with Crippen LogP contribution in [0.15, 0.2) is 29.6 Å². The zero-order valence-electron chi connectivity index (χ0n) is 13.6. The Morgan fingerprint density at radius 1 is 1.29 bits per heavy atom. The smallest absolute Gasteiger partial charge is 0.239 e. The summed E-state index contributed by atoms with van der Waals surface area (Å²) in [4.78, 5) is 20.6. The Kier molecular flexibility index (Phi) is 5.23. The van der Waals surface area contributed by atoms with Gasteiger partial charge in [0.05, 0.1) is 11.7 Å². The summed E-state index contributed by atoms with van der Waals surface area (Å²) in [6.45, 7) is 5.53. The van der Waals surface area contributed by atoms with Gasteiger partial charge in [-0.05, 0) is 31.2 Å². The van der Waals surface area contributed by atoms with E-state index in [0.717, 1.165) is 35.9 Å². The molecule has 2 aromatic rings. The fraction of sp³-hybridized carbons (Fsp3) is 0.412. The first kappa shape index (κ1) is 17.0. The number of halogens is 1. The van der Waals surface area contributed by atoms with Gasteiger partial charge < -0.3 is 10.6 Å². The van der Waals surface area contributed by atoms with Crippen molar-refractivity contribution >= 4 is 17.2 Å². The number of rotatable bonds is 4. The van der Waals surface area contributed by atoms with E-state index in [1.165, 1.54) is 12.1 Å². The number of aromatic nitrogens is 1.